The van der Waals surface area contributed by atoms with Gasteiger partial charge in [-0.15, -0.1) is 0 Å². The summed E-state index contributed by atoms with van der Waals surface area (Å²) in [5.74, 6) is -1.83. The number of carboxylic acids is 1. The molecule has 0 aromatic carbocycles. The second-order valence-corrected chi connectivity index (χ2v) is 11.7. The molecule has 8 heteroatoms. The summed E-state index contributed by atoms with van der Waals surface area (Å²) < 4.78 is 16.8. The van der Waals surface area contributed by atoms with E-state index in [2.05, 4.69) is 32.1 Å². The van der Waals surface area contributed by atoms with Crippen molar-refractivity contribution in [2.45, 2.75) is 129 Å². The van der Waals surface area contributed by atoms with Gasteiger partial charge < -0.3 is 28.6 Å². The minimum absolute atomic E-state index is 0.0224. The molecule has 0 aromatic rings. The Morgan fingerprint density at radius 2 is 1.29 bits per heavy atom. The lowest BCUT2D eigenvalue weighted by Crippen LogP contribution is -2.55. The van der Waals surface area contributed by atoms with Gasteiger partial charge in [-0.05, 0) is 44.9 Å². The van der Waals surface area contributed by atoms with Crippen molar-refractivity contribution in [3.05, 3.63) is 24.3 Å². The van der Waals surface area contributed by atoms with E-state index in [1.54, 1.807) is 21.1 Å². The van der Waals surface area contributed by atoms with Crippen molar-refractivity contribution in [1.29, 1.82) is 0 Å². The lowest BCUT2D eigenvalue weighted by molar-refractivity contribution is -0.889. The Morgan fingerprint density at radius 3 is 1.90 bits per heavy atom. The number of likely N-dealkylation sites (N-methyl/N-ethyl adjacent to an activating group) is 1. The van der Waals surface area contributed by atoms with Gasteiger partial charge in [-0.2, -0.15) is 0 Å². The molecule has 0 aliphatic heterocycles. The fourth-order valence-electron chi connectivity index (χ4n) is 4.24. The number of unbranched alkanes of at least 4 members (excludes halogenated alkanes) is 9. The third kappa shape index (κ3) is 24.1. The van der Waals surface area contributed by atoms with Gasteiger partial charge in [0.25, 0.3) is 0 Å². The summed E-state index contributed by atoms with van der Waals surface area (Å²) in [5, 5.41) is 11.5. The summed E-state index contributed by atoms with van der Waals surface area (Å²) in [6.07, 6.45) is 22.4. The number of carbonyl (C=O) groups excluding carboxylic acids is 3. The maximum atomic E-state index is 12.4. The standard InChI is InChI=1S/C33H59NO7/c1-6-8-10-12-14-15-16-18-19-21-23-31(35)40-28-29(27-39-26-25-30(33(37)38)34(3,4)5)41-32(36)24-22-20-17-13-11-9-7-2/h12,14,17,20,29-30H,6-11,13,15-16,18-19,21-28H2,1-5H3/b14-12+,20-17+. The van der Waals surface area contributed by atoms with Gasteiger partial charge in [0.05, 0.1) is 40.3 Å². The third-order valence-corrected chi connectivity index (χ3v) is 6.82. The lowest BCUT2D eigenvalue weighted by Gasteiger charge is -2.34. The van der Waals surface area contributed by atoms with Crippen LogP contribution in [0.4, 0.5) is 0 Å². The molecule has 0 N–H and O–H groups in total. The predicted octanol–water partition coefficient (Wildman–Crippen LogP) is 5.68. The Hall–Kier alpha value is -2.19. The van der Waals surface area contributed by atoms with E-state index in [4.69, 9.17) is 14.2 Å². The van der Waals surface area contributed by atoms with E-state index in [9.17, 15) is 19.5 Å². The zero-order chi connectivity index (χ0) is 30.8. The molecule has 8 nitrogen and oxygen atoms in total. The largest absolute Gasteiger partial charge is 0.544 e. The van der Waals surface area contributed by atoms with E-state index >= 15 is 0 Å². The molecule has 0 aliphatic carbocycles. The quantitative estimate of drug-likeness (QED) is 0.0533. The highest BCUT2D eigenvalue weighted by atomic mass is 16.6. The molecule has 0 amide bonds. The van der Waals surface area contributed by atoms with E-state index in [0.29, 0.717) is 12.8 Å². The highest BCUT2D eigenvalue weighted by Gasteiger charge is 2.25. The molecular formula is C33H59NO7. The number of esters is 2. The molecule has 0 saturated carbocycles. The third-order valence-electron chi connectivity index (χ3n) is 6.82. The van der Waals surface area contributed by atoms with E-state index in [0.717, 1.165) is 51.4 Å². The van der Waals surface area contributed by atoms with E-state index in [1.165, 1.54) is 25.7 Å². The number of hydrogen-bond donors (Lipinski definition) is 0. The Kier molecular flexibility index (Phi) is 24.2. The Bertz CT molecular complexity index is 742. The summed E-state index contributed by atoms with van der Waals surface area (Å²) in [4.78, 5) is 36.2. The van der Waals surface area contributed by atoms with E-state index in [-0.39, 0.29) is 49.1 Å². The van der Waals surface area contributed by atoms with Crippen LogP contribution in [0.1, 0.15) is 117 Å². The van der Waals surface area contributed by atoms with Gasteiger partial charge in [-0.3, -0.25) is 9.59 Å². The first kappa shape index (κ1) is 38.8. The SMILES string of the molecule is CCCC/C=C/CCCCCCC(=O)OCC(COCCC(C(=O)[O-])[N+](C)(C)C)OC(=O)CC/C=C/CCCCC. The van der Waals surface area contributed by atoms with Crippen molar-refractivity contribution < 1.29 is 38.2 Å². The monoisotopic (exact) mass is 581 g/mol. The first-order chi connectivity index (χ1) is 19.6. The molecule has 0 aromatic heterocycles. The molecular weight excluding hydrogens is 522 g/mol. The number of quaternary nitrogens is 1. The first-order valence-electron chi connectivity index (χ1n) is 15.9. The molecule has 0 spiro atoms. The van der Waals surface area contributed by atoms with Gasteiger partial charge >= 0.3 is 11.9 Å². The Labute approximate surface area is 250 Å². The number of nitrogens with zero attached hydrogens (tertiary/aromatic N) is 1. The summed E-state index contributed by atoms with van der Waals surface area (Å²) in [6.45, 7) is 4.46. The Balaban J connectivity index is 4.56. The number of allylic oxidation sites excluding steroid dienone is 4. The lowest BCUT2D eigenvalue weighted by atomic mass is 10.1. The molecule has 238 valence electrons. The second kappa shape index (κ2) is 25.5. The number of hydrogen-bond acceptors (Lipinski definition) is 7. The zero-order valence-electron chi connectivity index (χ0n) is 26.7. The topological polar surface area (TPSA) is 102 Å². The van der Waals surface area contributed by atoms with Crippen LogP contribution >= 0.6 is 0 Å². The molecule has 0 fully saturated rings. The van der Waals surface area contributed by atoms with E-state index < -0.39 is 18.1 Å². The zero-order valence-corrected chi connectivity index (χ0v) is 26.7. The van der Waals surface area contributed by atoms with E-state index in [1.807, 2.05) is 6.08 Å². The van der Waals surface area contributed by atoms with Crippen molar-refractivity contribution >= 4 is 17.9 Å². The predicted molar refractivity (Wildman–Crippen MR) is 162 cm³/mol. The van der Waals surface area contributed by atoms with Crippen molar-refractivity contribution in [1.82, 2.24) is 0 Å². The van der Waals surface area contributed by atoms with Crippen LogP contribution in [0.3, 0.4) is 0 Å². The summed E-state index contributed by atoms with van der Waals surface area (Å²) >= 11 is 0. The fraction of sp³-hybridized carbons (Fsp3) is 0.788. The van der Waals surface area contributed by atoms with Crippen molar-refractivity contribution in [3.8, 4) is 0 Å². The first-order valence-corrected chi connectivity index (χ1v) is 15.9. The maximum Gasteiger partial charge on any atom is 0.306 e. The van der Waals surface area contributed by atoms with Crippen LogP contribution < -0.4 is 5.11 Å². The highest BCUT2D eigenvalue weighted by Crippen LogP contribution is 2.10. The normalized spacial score (nSPS) is 13.5. The van der Waals surface area contributed by atoms with Crippen molar-refractivity contribution in [2.75, 3.05) is 41.0 Å². The fourth-order valence-corrected chi connectivity index (χ4v) is 4.24. The smallest absolute Gasteiger partial charge is 0.306 e. The van der Waals surface area contributed by atoms with Crippen LogP contribution in [0.5, 0.6) is 0 Å². The van der Waals surface area contributed by atoms with Gasteiger partial charge in [0.2, 0.25) is 0 Å². The number of ether oxygens (including phenoxy) is 3. The molecule has 0 saturated heterocycles. The summed E-state index contributed by atoms with van der Waals surface area (Å²) in [5.41, 5.74) is 0. The van der Waals surface area contributed by atoms with Gasteiger partial charge in [0.15, 0.2) is 6.10 Å². The summed E-state index contributed by atoms with van der Waals surface area (Å²) in [7, 11) is 5.36. The number of rotatable bonds is 27. The maximum absolute atomic E-state index is 12.4. The van der Waals surface area contributed by atoms with Gasteiger partial charge in [-0.1, -0.05) is 76.7 Å². The second-order valence-electron chi connectivity index (χ2n) is 11.7. The molecule has 2 atom stereocenters. The average molecular weight is 582 g/mol. The number of aliphatic carboxylic acids is 1. The number of carboxylic acid groups (broad SMARTS) is 1. The van der Waals surface area contributed by atoms with Gasteiger partial charge in [-0.25, -0.2) is 0 Å². The van der Waals surface area contributed by atoms with Crippen LogP contribution in [-0.4, -0.2) is 75.5 Å². The molecule has 0 heterocycles. The van der Waals surface area contributed by atoms with Crippen molar-refractivity contribution in [3.63, 3.8) is 0 Å². The van der Waals surface area contributed by atoms with Crippen LogP contribution in [-0.2, 0) is 28.6 Å². The molecule has 0 rings (SSSR count). The van der Waals surface area contributed by atoms with Crippen LogP contribution in [0.15, 0.2) is 24.3 Å². The molecule has 0 radical (unpaired) electrons. The van der Waals surface area contributed by atoms with Crippen LogP contribution in [0.25, 0.3) is 0 Å². The Morgan fingerprint density at radius 1 is 0.707 bits per heavy atom. The molecule has 2 unspecified atom stereocenters. The molecule has 0 bridgehead atoms. The van der Waals surface area contributed by atoms with Crippen molar-refractivity contribution in [2.24, 2.45) is 0 Å². The minimum atomic E-state index is -1.14. The minimum Gasteiger partial charge on any atom is -0.544 e. The summed E-state index contributed by atoms with van der Waals surface area (Å²) in [6, 6.07) is -0.727. The van der Waals surface area contributed by atoms with Gasteiger partial charge in [0.1, 0.15) is 12.6 Å². The molecule has 0 aliphatic rings. The van der Waals surface area contributed by atoms with Crippen LogP contribution in [0, 0.1) is 0 Å². The van der Waals surface area contributed by atoms with Crippen LogP contribution in [0.2, 0.25) is 0 Å². The van der Waals surface area contributed by atoms with Gasteiger partial charge in [0, 0.05) is 19.3 Å². The average Bonchev–Trinajstić information content (AvgIpc) is 2.91. The molecule has 41 heavy (non-hydrogen) atoms. The number of carbonyl (C=O) groups is 3. The highest BCUT2D eigenvalue weighted by molar-refractivity contribution is 5.70.